The zero-order chi connectivity index (χ0) is 22.5. The van der Waals surface area contributed by atoms with Gasteiger partial charge in [-0.15, -0.1) is 0 Å². The molecular weight excluding hydrogens is 414 g/mol. The summed E-state index contributed by atoms with van der Waals surface area (Å²) in [5.41, 5.74) is 8.02. The fraction of sp³-hybridized carbons (Fsp3) is 0. The minimum absolute atomic E-state index is 0.985. The van der Waals surface area contributed by atoms with E-state index in [-0.39, 0.29) is 0 Å². The number of pyridine rings is 1. The van der Waals surface area contributed by atoms with Crippen LogP contribution >= 0.6 is 0 Å². The topological polar surface area (TPSA) is 22.8 Å². The van der Waals surface area contributed by atoms with Gasteiger partial charge in [0.15, 0.2) is 0 Å². The molecular formula is C31H21N3. The molecule has 0 saturated heterocycles. The third-order valence-electron chi connectivity index (χ3n) is 6.60. The van der Waals surface area contributed by atoms with Gasteiger partial charge in [-0.25, -0.2) is 0 Å². The van der Waals surface area contributed by atoms with Crippen molar-refractivity contribution in [1.82, 2.24) is 14.1 Å². The Morgan fingerprint density at radius 3 is 2.15 bits per heavy atom. The van der Waals surface area contributed by atoms with Gasteiger partial charge in [0.2, 0.25) is 0 Å². The SMILES string of the molecule is c1ccc(-n2ccc3cc4c5ccccc5n(-c5ccc(-c6ccccn6)cc5)c4cc32)cc1. The number of hydrogen-bond acceptors (Lipinski definition) is 1. The summed E-state index contributed by atoms with van der Waals surface area (Å²) in [7, 11) is 0. The number of fused-ring (bicyclic) bond motifs is 4. The van der Waals surface area contributed by atoms with Crippen LogP contribution in [-0.2, 0) is 0 Å². The molecule has 3 heteroatoms. The van der Waals surface area contributed by atoms with E-state index in [4.69, 9.17) is 0 Å². The fourth-order valence-corrected chi connectivity index (χ4v) is 5.00. The molecule has 0 aliphatic rings. The summed E-state index contributed by atoms with van der Waals surface area (Å²) in [6, 6.07) is 40.7. The van der Waals surface area contributed by atoms with Crippen LogP contribution in [0.25, 0.3) is 55.3 Å². The highest BCUT2D eigenvalue weighted by molar-refractivity contribution is 6.13. The van der Waals surface area contributed by atoms with Crippen molar-refractivity contribution in [1.29, 1.82) is 0 Å². The van der Waals surface area contributed by atoms with Crippen molar-refractivity contribution in [3.05, 3.63) is 128 Å². The second-order valence-electron chi connectivity index (χ2n) is 8.56. The Morgan fingerprint density at radius 1 is 0.529 bits per heavy atom. The first-order valence-electron chi connectivity index (χ1n) is 11.5. The summed E-state index contributed by atoms with van der Waals surface area (Å²) in [5, 5.41) is 3.77. The molecule has 160 valence electrons. The largest absolute Gasteiger partial charge is 0.316 e. The molecule has 4 aromatic carbocycles. The van der Waals surface area contributed by atoms with E-state index >= 15 is 0 Å². The van der Waals surface area contributed by atoms with E-state index in [9.17, 15) is 0 Å². The Morgan fingerprint density at radius 2 is 1.32 bits per heavy atom. The maximum absolute atomic E-state index is 4.50. The molecule has 0 spiro atoms. The van der Waals surface area contributed by atoms with Crippen LogP contribution < -0.4 is 0 Å². The Kier molecular flexibility index (Phi) is 4.15. The van der Waals surface area contributed by atoms with Crippen LogP contribution in [0.15, 0.2) is 128 Å². The minimum atomic E-state index is 0.985. The maximum Gasteiger partial charge on any atom is 0.0701 e. The monoisotopic (exact) mass is 435 g/mol. The molecule has 0 bridgehead atoms. The summed E-state index contributed by atoms with van der Waals surface area (Å²) in [6.07, 6.45) is 4.00. The van der Waals surface area contributed by atoms with Crippen LogP contribution in [0.4, 0.5) is 0 Å². The minimum Gasteiger partial charge on any atom is -0.316 e. The molecule has 3 aromatic heterocycles. The van der Waals surface area contributed by atoms with Gasteiger partial charge in [0, 0.05) is 45.5 Å². The van der Waals surface area contributed by atoms with E-state index in [0.717, 1.165) is 16.9 Å². The first kappa shape index (κ1) is 18.9. The molecule has 7 rings (SSSR count). The summed E-state index contributed by atoms with van der Waals surface area (Å²) < 4.78 is 4.63. The summed E-state index contributed by atoms with van der Waals surface area (Å²) in [6.45, 7) is 0. The van der Waals surface area contributed by atoms with Crippen molar-refractivity contribution < 1.29 is 0 Å². The lowest BCUT2D eigenvalue weighted by atomic mass is 10.1. The van der Waals surface area contributed by atoms with Gasteiger partial charge in [0.1, 0.15) is 0 Å². The third-order valence-corrected chi connectivity index (χ3v) is 6.60. The average Bonchev–Trinajstić information content (AvgIpc) is 3.47. The number of benzene rings is 4. The predicted molar refractivity (Wildman–Crippen MR) is 141 cm³/mol. The zero-order valence-electron chi connectivity index (χ0n) is 18.5. The van der Waals surface area contributed by atoms with Crippen LogP contribution in [0, 0.1) is 0 Å². The van der Waals surface area contributed by atoms with Crippen LogP contribution in [0.1, 0.15) is 0 Å². The molecule has 3 nitrogen and oxygen atoms in total. The van der Waals surface area contributed by atoms with Crippen molar-refractivity contribution in [3.63, 3.8) is 0 Å². The maximum atomic E-state index is 4.50. The van der Waals surface area contributed by atoms with E-state index in [2.05, 4.69) is 117 Å². The number of aromatic nitrogens is 3. The van der Waals surface area contributed by atoms with Crippen LogP contribution in [0.2, 0.25) is 0 Å². The molecule has 0 aliphatic carbocycles. The molecule has 0 fully saturated rings. The smallest absolute Gasteiger partial charge is 0.0701 e. The lowest BCUT2D eigenvalue weighted by molar-refractivity contribution is 1.12. The molecule has 0 radical (unpaired) electrons. The van der Waals surface area contributed by atoms with E-state index in [1.165, 1.54) is 38.4 Å². The highest BCUT2D eigenvalue weighted by Gasteiger charge is 2.15. The van der Waals surface area contributed by atoms with Crippen molar-refractivity contribution in [3.8, 4) is 22.6 Å². The molecule has 7 aromatic rings. The summed E-state index contributed by atoms with van der Waals surface area (Å²) in [5.74, 6) is 0. The highest BCUT2D eigenvalue weighted by Crippen LogP contribution is 2.36. The second kappa shape index (κ2) is 7.46. The predicted octanol–water partition coefficient (Wildman–Crippen LogP) is 7.79. The van der Waals surface area contributed by atoms with Gasteiger partial charge in [-0.2, -0.15) is 0 Å². The number of nitrogens with zero attached hydrogens (tertiary/aromatic N) is 3. The Bertz CT molecular complexity index is 1770. The first-order chi connectivity index (χ1) is 16.9. The van der Waals surface area contributed by atoms with Crippen molar-refractivity contribution in [2.75, 3.05) is 0 Å². The van der Waals surface area contributed by atoms with Crippen LogP contribution in [-0.4, -0.2) is 14.1 Å². The summed E-state index contributed by atoms with van der Waals surface area (Å²) in [4.78, 5) is 4.50. The van der Waals surface area contributed by atoms with Crippen molar-refractivity contribution in [2.45, 2.75) is 0 Å². The van der Waals surface area contributed by atoms with Crippen molar-refractivity contribution >= 4 is 32.7 Å². The van der Waals surface area contributed by atoms with Gasteiger partial charge in [0.05, 0.1) is 22.2 Å². The average molecular weight is 436 g/mol. The quantitative estimate of drug-likeness (QED) is 0.278. The van der Waals surface area contributed by atoms with Crippen LogP contribution in [0.5, 0.6) is 0 Å². The van der Waals surface area contributed by atoms with Gasteiger partial charge >= 0.3 is 0 Å². The van der Waals surface area contributed by atoms with Gasteiger partial charge < -0.3 is 9.13 Å². The highest BCUT2D eigenvalue weighted by atomic mass is 15.0. The normalized spacial score (nSPS) is 11.5. The molecule has 0 aliphatic heterocycles. The standard InChI is InChI=1S/C31H21N3/c1-2-8-24(9-3-1)33-19-17-23-20-27-26-10-4-5-12-29(26)34(31(27)21-30(23)33)25-15-13-22(14-16-25)28-11-6-7-18-32-28/h1-21H. The molecule has 34 heavy (non-hydrogen) atoms. The molecule has 0 atom stereocenters. The lowest BCUT2D eigenvalue weighted by Crippen LogP contribution is -1.95. The second-order valence-corrected chi connectivity index (χ2v) is 8.56. The van der Waals surface area contributed by atoms with E-state index in [0.29, 0.717) is 0 Å². The fourth-order valence-electron chi connectivity index (χ4n) is 5.00. The van der Waals surface area contributed by atoms with E-state index in [1.807, 2.05) is 24.4 Å². The third kappa shape index (κ3) is 2.87. The molecule has 0 saturated carbocycles. The Balaban J connectivity index is 1.48. The first-order valence-corrected chi connectivity index (χ1v) is 11.5. The van der Waals surface area contributed by atoms with E-state index < -0.39 is 0 Å². The van der Waals surface area contributed by atoms with Gasteiger partial charge in [-0.1, -0.05) is 54.6 Å². The molecule has 3 heterocycles. The van der Waals surface area contributed by atoms with Gasteiger partial charge in [-0.05, 0) is 60.7 Å². The van der Waals surface area contributed by atoms with Crippen molar-refractivity contribution in [2.24, 2.45) is 0 Å². The molecule has 0 unspecified atom stereocenters. The zero-order valence-corrected chi connectivity index (χ0v) is 18.5. The molecule has 0 amide bonds. The van der Waals surface area contributed by atoms with E-state index in [1.54, 1.807) is 0 Å². The lowest BCUT2D eigenvalue weighted by Gasteiger charge is -2.10. The number of rotatable bonds is 3. The van der Waals surface area contributed by atoms with Crippen LogP contribution in [0.3, 0.4) is 0 Å². The van der Waals surface area contributed by atoms with Gasteiger partial charge in [0.25, 0.3) is 0 Å². The Hall–Kier alpha value is -4.63. The van der Waals surface area contributed by atoms with Gasteiger partial charge in [-0.3, -0.25) is 4.98 Å². The summed E-state index contributed by atoms with van der Waals surface area (Å²) >= 11 is 0. The number of para-hydroxylation sites is 2. The molecule has 0 N–H and O–H groups in total. The number of hydrogen-bond donors (Lipinski definition) is 0. The Labute approximate surface area is 197 Å².